The van der Waals surface area contributed by atoms with E-state index in [0.717, 1.165) is 13.0 Å². The Morgan fingerprint density at radius 3 is 2.71 bits per heavy atom. The van der Waals surface area contributed by atoms with E-state index in [9.17, 15) is 9.18 Å². The molecule has 1 fully saturated rings. The van der Waals surface area contributed by atoms with Crippen molar-refractivity contribution in [3.8, 4) is 0 Å². The van der Waals surface area contributed by atoms with Crippen molar-refractivity contribution < 1.29 is 9.18 Å². The minimum absolute atomic E-state index is 0.0446. The number of nitrogens with one attached hydrogen (secondary N) is 2. The third-order valence-electron chi connectivity index (χ3n) is 4.23. The Bertz CT molecular complexity index is 518. The Morgan fingerprint density at radius 1 is 1.48 bits per heavy atom. The molecule has 0 aliphatic carbocycles. The van der Waals surface area contributed by atoms with Crippen molar-refractivity contribution in [2.24, 2.45) is 5.92 Å². The van der Waals surface area contributed by atoms with Crippen LogP contribution in [-0.4, -0.2) is 31.6 Å². The normalized spacial score (nSPS) is 21.6. The molecule has 1 aliphatic heterocycles. The molecule has 2 N–H and O–H groups in total. The first-order chi connectivity index (χ1) is 9.90. The van der Waals surface area contributed by atoms with Gasteiger partial charge in [-0.2, -0.15) is 0 Å². The molecule has 1 aromatic rings. The summed E-state index contributed by atoms with van der Waals surface area (Å²) >= 11 is 0. The summed E-state index contributed by atoms with van der Waals surface area (Å²) in [5.41, 5.74) is 1.05. The lowest BCUT2D eigenvalue weighted by molar-refractivity contribution is -0.119. The Morgan fingerprint density at radius 2 is 2.19 bits per heavy atom. The summed E-state index contributed by atoms with van der Waals surface area (Å²) in [5, 5.41) is 6.06. The van der Waals surface area contributed by atoms with Gasteiger partial charge in [0, 0.05) is 24.8 Å². The van der Waals surface area contributed by atoms with Crippen molar-refractivity contribution >= 4 is 17.3 Å². The number of hydrogen-bond acceptors (Lipinski definition) is 3. The summed E-state index contributed by atoms with van der Waals surface area (Å²) in [6.45, 7) is 6.86. The van der Waals surface area contributed by atoms with Crippen LogP contribution in [0.2, 0.25) is 0 Å². The fraction of sp³-hybridized carbons (Fsp3) is 0.562. The highest BCUT2D eigenvalue weighted by atomic mass is 19.1. The van der Waals surface area contributed by atoms with Gasteiger partial charge in [-0.25, -0.2) is 4.39 Å². The first-order valence-corrected chi connectivity index (χ1v) is 7.46. The second-order valence-corrected chi connectivity index (χ2v) is 6.00. The molecule has 0 saturated carbocycles. The highest BCUT2D eigenvalue weighted by Crippen LogP contribution is 2.24. The fourth-order valence-electron chi connectivity index (χ4n) is 2.60. The molecule has 1 heterocycles. The van der Waals surface area contributed by atoms with Gasteiger partial charge in [-0.15, -0.1) is 0 Å². The van der Waals surface area contributed by atoms with E-state index in [2.05, 4.69) is 10.6 Å². The van der Waals surface area contributed by atoms with Crippen LogP contribution in [0, 0.1) is 11.7 Å². The van der Waals surface area contributed by atoms with Crippen LogP contribution in [-0.2, 0) is 4.79 Å². The number of amides is 1. The summed E-state index contributed by atoms with van der Waals surface area (Å²) in [6.07, 6.45) is 0.823. The van der Waals surface area contributed by atoms with Crippen molar-refractivity contribution in [1.29, 1.82) is 0 Å². The Hall–Kier alpha value is -1.62. The Balaban J connectivity index is 2.08. The molecule has 2 unspecified atom stereocenters. The zero-order valence-corrected chi connectivity index (χ0v) is 13.1. The minimum Gasteiger partial charge on any atom is -0.370 e. The maximum absolute atomic E-state index is 14.2. The van der Waals surface area contributed by atoms with Crippen LogP contribution in [0.4, 0.5) is 15.8 Å². The second-order valence-electron chi connectivity index (χ2n) is 6.00. The standard InChI is InChI=1S/C16H24FN3O/c1-10(2)20(4)15-6-5-12(9-14(15)17)19-16(21)13-7-8-18-11(13)3/h5-6,9-11,13,18H,7-8H2,1-4H3,(H,19,21). The summed E-state index contributed by atoms with van der Waals surface area (Å²) in [6, 6.07) is 5.23. The van der Waals surface area contributed by atoms with E-state index in [0.29, 0.717) is 11.4 Å². The van der Waals surface area contributed by atoms with Crippen molar-refractivity contribution in [1.82, 2.24) is 5.32 Å². The Labute approximate surface area is 125 Å². The van der Waals surface area contributed by atoms with E-state index in [4.69, 9.17) is 0 Å². The first-order valence-electron chi connectivity index (χ1n) is 7.46. The van der Waals surface area contributed by atoms with Gasteiger partial charge in [0.15, 0.2) is 0 Å². The van der Waals surface area contributed by atoms with Gasteiger partial charge in [0.2, 0.25) is 5.91 Å². The topological polar surface area (TPSA) is 44.4 Å². The summed E-state index contributed by atoms with van der Waals surface area (Å²) in [5.74, 6) is -0.412. The van der Waals surface area contributed by atoms with E-state index in [1.54, 1.807) is 12.1 Å². The highest BCUT2D eigenvalue weighted by molar-refractivity contribution is 5.93. The number of halogens is 1. The quantitative estimate of drug-likeness (QED) is 0.897. The summed E-state index contributed by atoms with van der Waals surface area (Å²) in [7, 11) is 1.85. The molecule has 0 bridgehead atoms. The summed E-state index contributed by atoms with van der Waals surface area (Å²) < 4.78 is 14.2. The maximum atomic E-state index is 14.2. The first kappa shape index (κ1) is 15.8. The molecule has 1 amide bonds. The number of anilines is 2. The molecule has 0 radical (unpaired) electrons. The van der Waals surface area contributed by atoms with Gasteiger partial charge in [0.05, 0.1) is 11.6 Å². The number of carbonyl (C=O) groups is 1. The predicted octanol–water partition coefficient (Wildman–Crippen LogP) is 2.61. The number of rotatable bonds is 4. The molecule has 1 aliphatic rings. The van der Waals surface area contributed by atoms with Gasteiger partial charge >= 0.3 is 0 Å². The average Bonchev–Trinajstić information content (AvgIpc) is 2.84. The molecule has 4 nitrogen and oxygen atoms in total. The molecule has 1 saturated heterocycles. The maximum Gasteiger partial charge on any atom is 0.229 e. The van der Waals surface area contributed by atoms with Gasteiger partial charge in [-0.05, 0) is 51.9 Å². The van der Waals surface area contributed by atoms with Crippen LogP contribution >= 0.6 is 0 Å². The van der Waals surface area contributed by atoms with Gasteiger partial charge in [0.25, 0.3) is 0 Å². The third-order valence-corrected chi connectivity index (χ3v) is 4.23. The number of carbonyl (C=O) groups excluding carboxylic acids is 1. The van der Waals surface area contributed by atoms with Crippen molar-refractivity contribution in [2.45, 2.75) is 39.3 Å². The van der Waals surface area contributed by atoms with Crippen LogP contribution in [0.3, 0.4) is 0 Å². The highest BCUT2D eigenvalue weighted by Gasteiger charge is 2.29. The molecule has 2 rings (SSSR count). The SMILES string of the molecule is CC1NCCC1C(=O)Nc1ccc(N(C)C(C)C)c(F)c1. The second kappa shape index (κ2) is 6.43. The van der Waals surface area contributed by atoms with Crippen molar-refractivity contribution in [2.75, 3.05) is 23.8 Å². The average molecular weight is 293 g/mol. The largest absolute Gasteiger partial charge is 0.370 e. The smallest absolute Gasteiger partial charge is 0.229 e. The molecule has 5 heteroatoms. The van der Waals surface area contributed by atoms with Crippen LogP contribution < -0.4 is 15.5 Å². The molecule has 0 spiro atoms. The zero-order valence-electron chi connectivity index (χ0n) is 13.1. The lowest BCUT2D eigenvalue weighted by atomic mass is 10.0. The third kappa shape index (κ3) is 3.53. The monoisotopic (exact) mass is 293 g/mol. The molecule has 21 heavy (non-hydrogen) atoms. The number of nitrogens with zero attached hydrogens (tertiary/aromatic N) is 1. The van der Waals surface area contributed by atoms with Gasteiger partial charge in [0.1, 0.15) is 5.82 Å². The molecular formula is C16H24FN3O. The van der Waals surface area contributed by atoms with Crippen molar-refractivity contribution in [3.63, 3.8) is 0 Å². The number of hydrogen-bond donors (Lipinski definition) is 2. The van der Waals surface area contributed by atoms with Crippen LogP contribution in [0.5, 0.6) is 0 Å². The van der Waals surface area contributed by atoms with Gasteiger partial charge < -0.3 is 15.5 Å². The predicted molar refractivity (Wildman–Crippen MR) is 84.1 cm³/mol. The zero-order chi connectivity index (χ0) is 15.6. The fourth-order valence-corrected chi connectivity index (χ4v) is 2.60. The molecule has 1 aromatic carbocycles. The van der Waals surface area contributed by atoms with Gasteiger partial charge in [-0.3, -0.25) is 4.79 Å². The van der Waals surface area contributed by atoms with E-state index in [1.165, 1.54) is 6.07 Å². The molecule has 116 valence electrons. The minimum atomic E-state index is -0.318. The van der Waals surface area contributed by atoms with Crippen LogP contribution in [0.25, 0.3) is 0 Å². The van der Waals surface area contributed by atoms with E-state index < -0.39 is 0 Å². The van der Waals surface area contributed by atoms with Gasteiger partial charge in [-0.1, -0.05) is 0 Å². The van der Waals surface area contributed by atoms with E-state index in [-0.39, 0.29) is 29.7 Å². The van der Waals surface area contributed by atoms with Crippen molar-refractivity contribution in [3.05, 3.63) is 24.0 Å². The molecular weight excluding hydrogens is 269 g/mol. The summed E-state index contributed by atoms with van der Waals surface area (Å²) in [4.78, 5) is 14.0. The molecule has 2 atom stereocenters. The lowest BCUT2D eigenvalue weighted by Crippen LogP contribution is -2.32. The van der Waals surface area contributed by atoms with Crippen LogP contribution in [0.1, 0.15) is 27.2 Å². The lowest BCUT2D eigenvalue weighted by Gasteiger charge is -2.24. The van der Waals surface area contributed by atoms with Crippen LogP contribution in [0.15, 0.2) is 18.2 Å². The number of benzene rings is 1. The molecule has 0 aromatic heterocycles. The Kier molecular flexibility index (Phi) is 4.83. The van der Waals surface area contributed by atoms with E-state index in [1.807, 2.05) is 32.7 Å². The van der Waals surface area contributed by atoms with E-state index >= 15 is 0 Å².